The Kier molecular flexibility index (Phi) is 4.94. The number of fused-ring (bicyclic) bond motifs is 4. The Balaban J connectivity index is 1.70. The maximum atomic E-state index is 14.4. The van der Waals surface area contributed by atoms with Crippen molar-refractivity contribution in [3.63, 3.8) is 0 Å². The maximum Gasteiger partial charge on any atom is 0.144 e. The molecule has 1 aliphatic rings. The fraction of sp³-hybridized carbons (Fsp3) is 0.300. The van der Waals surface area contributed by atoms with E-state index in [0.29, 0.717) is 11.8 Å². The molecule has 2 aromatic heterocycles. The van der Waals surface area contributed by atoms with Gasteiger partial charge in [0.2, 0.25) is 0 Å². The molecule has 6 rings (SSSR count). The largest absolute Gasteiger partial charge is 0.455 e. The molecule has 33 heavy (non-hydrogen) atoms. The minimum absolute atomic E-state index is 0.239. The molecule has 3 aromatic carbocycles. The van der Waals surface area contributed by atoms with Crippen molar-refractivity contribution in [3.8, 4) is 11.3 Å². The van der Waals surface area contributed by atoms with Gasteiger partial charge in [0, 0.05) is 33.3 Å². The van der Waals surface area contributed by atoms with Crippen molar-refractivity contribution in [2.75, 3.05) is 0 Å². The molecule has 0 atom stereocenters. The average molecular weight is 438 g/mol. The van der Waals surface area contributed by atoms with Gasteiger partial charge in [0.05, 0.1) is 5.69 Å². The normalized spacial score (nSPS) is 15.3. The number of halogens is 1. The van der Waals surface area contributed by atoms with Crippen molar-refractivity contribution in [3.05, 3.63) is 77.7 Å². The van der Waals surface area contributed by atoms with Gasteiger partial charge in [-0.3, -0.25) is 4.98 Å². The Morgan fingerprint density at radius 1 is 0.879 bits per heavy atom. The van der Waals surface area contributed by atoms with E-state index >= 15 is 0 Å². The lowest BCUT2D eigenvalue weighted by Crippen LogP contribution is -2.07. The lowest BCUT2D eigenvalue weighted by Gasteiger charge is -2.22. The average Bonchev–Trinajstić information content (AvgIpc) is 3.22. The zero-order valence-corrected chi connectivity index (χ0v) is 19.2. The molecule has 2 heterocycles. The number of aromatic nitrogens is 1. The SMILES string of the molecule is CC(C)c1cc(-c2nc(C3CCCCC3)cc3ccc(F)cc23)c2oc3ccccc3c2c1. The lowest BCUT2D eigenvalue weighted by molar-refractivity contribution is 0.437. The third kappa shape index (κ3) is 3.51. The maximum absolute atomic E-state index is 14.4. The standard InChI is InChI=1S/C30H28FNO/c1-18(2)21-14-25-23-10-6-7-11-28(23)33-30(25)26(15-21)29-24-17-22(31)13-12-20(24)16-27(32-29)19-8-4-3-5-9-19/h6-7,10-19H,3-5,8-9H2,1-2H3. The zero-order chi connectivity index (χ0) is 22.5. The highest BCUT2D eigenvalue weighted by molar-refractivity contribution is 6.12. The molecule has 1 saturated carbocycles. The summed E-state index contributed by atoms with van der Waals surface area (Å²) in [6, 6.07) is 19.9. The summed E-state index contributed by atoms with van der Waals surface area (Å²) in [4.78, 5) is 5.23. The van der Waals surface area contributed by atoms with Crippen LogP contribution in [0.5, 0.6) is 0 Å². The molecular weight excluding hydrogens is 409 g/mol. The third-order valence-corrected chi connectivity index (χ3v) is 7.26. The molecule has 0 saturated heterocycles. The zero-order valence-electron chi connectivity index (χ0n) is 19.2. The van der Waals surface area contributed by atoms with Crippen molar-refractivity contribution >= 4 is 32.7 Å². The van der Waals surface area contributed by atoms with Gasteiger partial charge in [-0.2, -0.15) is 0 Å². The van der Waals surface area contributed by atoms with Gasteiger partial charge in [0.1, 0.15) is 17.0 Å². The second-order valence-electron chi connectivity index (χ2n) is 9.79. The Labute approximate surface area is 193 Å². The first-order valence-electron chi connectivity index (χ1n) is 12.1. The van der Waals surface area contributed by atoms with E-state index in [1.165, 1.54) is 37.7 Å². The van der Waals surface area contributed by atoms with Crippen LogP contribution in [-0.4, -0.2) is 4.98 Å². The molecule has 0 unspecified atom stereocenters. The molecule has 0 aliphatic heterocycles. The predicted octanol–water partition coefficient (Wildman–Crippen LogP) is 9.11. The molecule has 1 fully saturated rings. The minimum Gasteiger partial charge on any atom is -0.455 e. The van der Waals surface area contributed by atoms with Crippen molar-refractivity contribution in [2.24, 2.45) is 0 Å². The molecule has 0 spiro atoms. The molecule has 3 heteroatoms. The fourth-order valence-electron chi connectivity index (χ4n) is 5.41. The smallest absolute Gasteiger partial charge is 0.144 e. The molecular formula is C30H28FNO. The Bertz CT molecular complexity index is 1490. The minimum atomic E-state index is -0.239. The first kappa shape index (κ1) is 20.4. The van der Waals surface area contributed by atoms with Gasteiger partial charge >= 0.3 is 0 Å². The third-order valence-electron chi connectivity index (χ3n) is 7.26. The number of hydrogen-bond donors (Lipinski definition) is 0. The van der Waals surface area contributed by atoms with E-state index < -0.39 is 0 Å². The Morgan fingerprint density at radius 3 is 2.52 bits per heavy atom. The number of pyridine rings is 1. The van der Waals surface area contributed by atoms with Gasteiger partial charge in [-0.05, 0) is 66.1 Å². The van der Waals surface area contributed by atoms with E-state index in [4.69, 9.17) is 9.40 Å². The Hall–Kier alpha value is -3.20. The van der Waals surface area contributed by atoms with Crippen molar-refractivity contribution in [1.29, 1.82) is 0 Å². The van der Waals surface area contributed by atoms with Gasteiger partial charge in [0.15, 0.2) is 0 Å². The van der Waals surface area contributed by atoms with Gasteiger partial charge < -0.3 is 4.42 Å². The van der Waals surface area contributed by atoms with Crippen molar-refractivity contribution in [1.82, 2.24) is 4.98 Å². The van der Waals surface area contributed by atoms with Crippen LogP contribution in [0.3, 0.4) is 0 Å². The summed E-state index contributed by atoms with van der Waals surface area (Å²) < 4.78 is 20.8. The quantitative estimate of drug-likeness (QED) is 0.281. The van der Waals surface area contributed by atoms with E-state index in [9.17, 15) is 4.39 Å². The van der Waals surface area contributed by atoms with Crippen molar-refractivity contribution in [2.45, 2.75) is 57.8 Å². The topological polar surface area (TPSA) is 26.0 Å². The first-order valence-corrected chi connectivity index (χ1v) is 12.1. The summed E-state index contributed by atoms with van der Waals surface area (Å²) >= 11 is 0. The van der Waals surface area contributed by atoms with E-state index in [0.717, 1.165) is 49.7 Å². The van der Waals surface area contributed by atoms with Crippen LogP contribution < -0.4 is 0 Å². The summed E-state index contributed by atoms with van der Waals surface area (Å²) in [5.41, 5.74) is 5.86. The van der Waals surface area contributed by atoms with Crippen LogP contribution in [0.15, 0.2) is 65.1 Å². The number of nitrogens with zero attached hydrogens (tertiary/aromatic N) is 1. The van der Waals surface area contributed by atoms with Crippen molar-refractivity contribution < 1.29 is 8.81 Å². The fourth-order valence-corrected chi connectivity index (χ4v) is 5.41. The molecule has 0 bridgehead atoms. The number of para-hydroxylation sites is 1. The number of benzene rings is 3. The van der Waals surface area contributed by atoms with Crippen LogP contribution in [-0.2, 0) is 0 Å². The van der Waals surface area contributed by atoms with Crippen LogP contribution in [0.1, 0.15) is 69.0 Å². The van der Waals surface area contributed by atoms with Gasteiger partial charge in [-0.15, -0.1) is 0 Å². The molecule has 0 amide bonds. The number of rotatable bonds is 3. The summed E-state index contributed by atoms with van der Waals surface area (Å²) in [5.74, 6) is 0.578. The van der Waals surface area contributed by atoms with Gasteiger partial charge in [-0.1, -0.05) is 57.4 Å². The number of furan rings is 1. The van der Waals surface area contributed by atoms with E-state index in [1.54, 1.807) is 12.1 Å². The molecule has 5 aromatic rings. The predicted molar refractivity (Wildman–Crippen MR) is 134 cm³/mol. The summed E-state index contributed by atoms with van der Waals surface area (Å²) in [6.07, 6.45) is 6.15. The molecule has 166 valence electrons. The summed E-state index contributed by atoms with van der Waals surface area (Å²) in [5, 5.41) is 4.09. The summed E-state index contributed by atoms with van der Waals surface area (Å²) in [6.45, 7) is 4.41. The highest BCUT2D eigenvalue weighted by Gasteiger charge is 2.22. The molecule has 2 nitrogen and oxygen atoms in total. The second kappa shape index (κ2) is 7.98. The van der Waals surface area contributed by atoms with Gasteiger partial charge in [-0.25, -0.2) is 4.39 Å². The van der Waals surface area contributed by atoms with E-state index in [-0.39, 0.29) is 5.82 Å². The summed E-state index contributed by atoms with van der Waals surface area (Å²) in [7, 11) is 0. The van der Waals surface area contributed by atoms with Crippen LogP contribution in [0.4, 0.5) is 4.39 Å². The van der Waals surface area contributed by atoms with Crippen LogP contribution >= 0.6 is 0 Å². The number of hydrogen-bond acceptors (Lipinski definition) is 2. The van der Waals surface area contributed by atoms with Crippen LogP contribution in [0.25, 0.3) is 44.0 Å². The monoisotopic (exact) mass is 437 g/mol. The highest BCUT2D eigenvalue weighted by atomic mass is 19.1. The van der Waals surface area contributed by atoms with Gasteiger partial charge in [0.25, 0.3) is 0 Å². The second-order valence-corrected chi connectivity index (χ2v) is 9.79. The molecule has 1 aliphatic carbocycles. The van der Waals surface area contributed by atoms with Crippen LogP contribution in [0, 0.1) is 5.82 Å². The first-order chi connectivity index (χ1) is 16.1. The van der Waals surface area contributed by atoms with E-state index in [1.807, 2.05) is 24.3 Å². The van der Waals surface area contributed by atoms with Crippen LogP contribution in [0.2, 0.25) is 0 Å². The molecule has 0 N–H and O–H groups in total. The lowest BCUT2D eigenvalue weighted by atomic mass is 9.85. The molecule has 0 radical (unpaired) electrons. The Morgan fingerprint density at radius 2 is 1.70 bits per heavy atom. The highest BCUT2D eigenvalue weighted by Crippen LogP contribution is 2.41. The van der Waals surface area contributed by atoms with E-state index in [2.05, 4.69) is 38.1 Å².